The summed E-state index contributed by atoms with van der Waals surface area (Å²) in [5.41, 5.74) is 3.19. The van der Waals surface area contributed by atoms with Crippen LogP contribution in [0.15, 0.2) is 36.4 Å². The van der Waals surface area contributed by atoms with E-state index in [9.17, 15) is 5.11 Å². The Kier molecular flexibility index (Phi) is 5.48. The van der Waals surface area contributed by atoms with Crippen molar-refractivity contribution in [2.75, 3.05) is 12.4 Å². The molecule has 0 spiro atoms. The van der Waals surface area contributed by atoms with Crippen LogP contribution in [-0.2, 0) is 13.2 Å². The van der Waals surface area contributed by atoms with Crippen LogP contribution in [0.25, 0.3) is 10.9 Å². The summed E-state index contributed by atoms with van der Waals surface area (Å²) in [5.74, 6) is 0.600. The fraction of sp³-hybridized carbons (Fsp3) is 0.158. The summed E-state index contributed by atoms with van der Waals surface area (Å²) in [5, 5.41) is 23.6. The van der Waals surface area contributed by atoms with Crippen molar-refractivity contribution in [1.29, 1.82) is 5.26 Å². The highest BCUT2D eigenvalue weighted by Gasteiger charge is 2.14. The molecule has 0 amide bonds. The lowest BCUT2D eigenvalue weighted by molar-refractivity contribution is 0.282. The fourth-order valence-electron chi connectivity index (χ4n) is 2.70. The third kappa shape index (κ3) is 3.54. The molecule has 1 aromatic heterocycles. The molecular formula is C19H15Cl2N3O2. The fourth-order valence-corrected chi connectivity index (χ4v) is 3.22. The summed E-state index contributed by atoms with van der Waals surface area (Å²) in [6.45, 7) is 0.174. The van der Waals surface area contributed by atoms with Gasteiger partial charge in [0.15, 0.2) is 0 Å². The molecule has 0 aliphatic carbocycles. The van der Waals surface area contributed by atoms with Crippen molar-refractivity contribution >= 4 is 39.8 Å². The zero-order valence-electron chi connectivity index (χ0n) is 13.9. The lowest BCUT2D eigenvalue weighted by atomic mass is 10.1. The number of aromatic nitrogens is 1. The smallest absolute Gasteiger partial charge is 0.137 e. The van der Waals surface area contributed by atoms with Gasteiger partial charge in [-0.2, -0.15) is 5.26 Å². The summed E-state index contributed by atoms with van der Waals surface area (Å²) >= 11 is 12.4. The number of nitrogens with zero attached hydrogens (tertiary/aromatic N) is 2. The number of benzene rings is 2. The van der Waals surface area contributed by atoms with Gasteiger partial charge in [-0.05, 0) is 35.9 Å². The van der Waals surface area contributed by atoms with Gasteiger partial charge in [-0.25, -0.2) is 4.98 Å². The van der Waals surface area contributed by atoms with Crippen molar-refractivity contribution < 1.29 is 9.84 Å². The first-order valence-corrected chi connectivity index (χ1v) is 8.52. The number of pyridine rings is 1. The van der Waals surface area contributed by atoms with Gasteiger partial charge in [-0.3, -0.25) is 0 Å². The monoisotopic (exact) mass is 387 g/mol. The first kappa shape index (κ1) is 18.3. The average molecular weight is 388 g/mol. The van der Waals surface area contributed by atoms with Crippen LogP contribution in [0.1, 0.15) is 16.7 Å². The summed E-state index contributed by atoms with van der Waals surface area (Å²) < 4.78 is 5.16. The maximum absolute atomic E-state index is 9.73. The molecule has 3 aromatic rings. The van der Waals surface area contributed by atoms with Crippen LogP contribution in [-0.4, -0.2) is 17.2 Å². The van der Waals surface area contributed by atoms with E-state index in [-0.39, 0.29) is 11.8 Å². The Balaban J connectivity index is 2.02. The minimum atomic E-state index is -0.274. The van der Waals surface area contributed by atoms with Crippen molar-refractivity contribution in [2.24, 2.45) is 0 Å². The average Bonchev–Trinajstić information content (AvgIpc) is 2.65. The third-order valence-electron chi connectivity index (χ3n) is 4.01. The number of hydrogen-bond donors (Lipinski definition) is 2. The van der Waals surface area contributed by atoms with Crippen molar-refractivity contribution in [3.8, 4) is 11.8 Å². The molecule has 0 bridgehead atoms. The van der Waals surface area contributed by atoms with E-state index in [0.717, 1.165) is 10.9 Å². The first-order chi connectivity index (χ1) is 12.6. The van der Waals surface area contributed by atoms with Crippen molar-refractivity contribution in [1.82, 2.24) is 4.98 Å². The Labute approximate surface area is 160 Å². The largest absolute Gasteiger partial charge is 0.495 e. The zero-order chi connectivity index (χ0) is 18.7. The number of ether oxygens (including phenoxy) is 1. The van der Waals surface area contributed by atoms with Gasteiger partial charge in [0, 0.05) is 17.5 Å². The molecular weight excluding hydrogens is 373 g/mol. The van der Waals surface area contributed by atoms with Crippen LogP contribution in [0.4, 0.5) is 5.69 Å². The van der Waals surface area contributed by atoms with Gasteiger partial charge in [0.25, 0.3) is 0 Å². The Morgan fingerprint density at radius 2 is 2.04 bits per heavy atom. The second-order valence-electron chi connectivity index (χ2n) is 5.58. The van der Waals surface area contributed by atoms with E-state index >= 15 is 0 Å². The highest BCUT2D eigenvalue weighted by atomic mass is 35.5. The maximum atomic E-state index is 9.73. The standard InChI is InChI=1S/C19H15Cl2N3O2/c1-26-17-5-3-12(7-15(17)20)9-23-18-13-6-11(8-22)2-4-16(13)24-19(21)14(18)10-25/h2-7,25H,9-10H2,1H3,(H,23,24). The number of aliphatic hydroxyl groups is 1. The Bertz CT molecular complexity index is 1020. The van der Waals surface area contributed by atoms with Gasteiger partial charge >= 0.3 is 0 Å². The molecule has 0 fully saturated rings. The quantitative estimate of drug-likeness (QED) is 0.628. The van der Waals surface area contributed by atoms with Crippen LogP contribution in [0.2, 0.25) is 10.2 Å². The van der Waals surface area contributed by atoms with E-state index in [4.69, 9.17) is 33.2 Å². The molecule has 2 aromatic carbocycles. The first-order valence-electron chi connectivity index (χ1n) is 7.76. The van der Waals surface area contributed by atoms with Crippen molar-refractivity contribution in [3.63, 3.8) is 0 Å². The third-order valence-corrected chi connectivity index (χ3v) is 4.62. The number of nitriles is 1. The molecule has 0 saturated carbocycles. The van der Waals surface area contributed by atoms with Crippen LogP contribution in [0.3, 0.4) is 0 Å². The second kappa shape index (κ2) is 7.79. The molecule has 0 aliphatic rings. The molecule has 0 saturated heterocycles. The predicted molar refractivity (Wildman–Crippen MR) is 103 cm³/mol. The highest BCUT2D eigenvalue weighted by Crippen LogP contribution is 2.33. The maximum Gasteiger partial charge on any atom is 0.137 e. The van der Waals surface area contributed by atoms with Gasteiger partial charge < -0.3 is 15.2 Å². The molecule has 0 aliphatic heterocycles. The number of fused-ring (bicyclic) bond motifs is 1. The summed E-state index contributed by atoms with van der Waals surface area (Å²) in [7, 11) is 1.56. The summed E-state index contributed by atoms with van der Waals surface area (Å²) in [6, 6.07) is 12.7. The molecule has 5 nitrogen and oxygen atoms in total. The number of hydrogen-bond acceptors (Lipinski definition) is 5. The van der Waals surface area contributed by atoms with Gasteiger partial charge in [0.1, 0.15) is 10.9 Å². The lowest BCUT2D eigenvalue weighted by Gasteiger charge is -2.16. The highest BCUT2D eigenvalue weighted by molar-refractivity contribution is 6.32. The molecule has 7 heteroatoms. The van der Waals surface area contributed by atoms with E-state index in [1.54, 1.807) is 37.4 Å². The van der Waals surface area contributed by atoms with Gasteiger partial charge in [0.05, 0.1) is 41.6 Å². The van der Waals surface area contributed by atoms with Crippen LogP contribution < -0.4 is 10.1 Å². The van der Waals surface area contributed by atoms with E-state index in [1.807, 2.05) is 6.07 Å². The molecule has 0 atom stereocenters. The zero-order valence-corrected chi connectivity index (χ0v) is 15.4. The van der Waals surface area contributed by atoms with Crippen molar-refractivity contribution in [2.45, 2.75) is 13.2 Å². The summed E-state index contributed by atoms with van der Waals surface area (Å²) in [6.07, 6.45) is 0. The topological polar surface area (TPSA) is 78.2 Å². The number of anilines is 1. The number of rotatable bonds is 5. The van der Waals surface area contributed by atoms with E-state index in [0.29, 0.717) is 39.6 Å². The molecule has 2 N–H and O–H groups in total. The Morgan fingerprint density at radius 1 is 1.23 bits per heavy atom. The number of methoxy groups -OCH3 is 1. The van der Waals surface area contributed by atoms with E-state index in [1.165, 1.54) is 0 Å². The normalized spacial score (nSPS) is 10.6. The van der Waals surface area contributed by atoms with E-state index in [2.05, 4.69) is 16.4 Å². The second-order valence-corrected chi connectivity index (χ2v) is 6.35. The summed E-state index contributed by atoms with van der Waals surface area (Å²) in [4.78, 5) is 4.29. The van der Waals surface area contributed by atoms with Crippen LogP contribution in [0, 0.1) is 11.3 Å². The van der Waals surface area contributed by atoms with Crippen LogP contribution >= 0.6 is 23.2 Å². The van der Waals surface area contributed by atoms with E-state index < -0.39 is 0 Å². The molecule has 26 heavy (non-hydrogen) atoms. The Morgan fingerprint density at radius 3 is 2.69 bits per heavy atom. The predicted octanol–water partition coefficient (Wildman–Crippen LogP) is 4.53. The van der Waals surface area contributed by atoms with Gasteiger partial charge in [-0.15, -0.1) is 0 Å². The SMILES string of the molecule is COc1ccc(CNc2c(CO)c(Cl)nc3ccc(C#N)cc23)cc1Cl. The molecule has 0 radical (unpaired) electrons. The molecule has 1 heterocycles. The lowest BCUT2D eigenvalue weighted by Crippen LogP contribution is -2.05. The number of halogens is 2. The van der Waals surface area contributed by atoms with Gasteiger partial charge in [0.2, 0.25) is 0 Å². The number of nitrogens with one attached hydrogen (secondary N) is 1. The Hall–Kier alpha value is -2.52. The molecule has 0 unspecified atom stereocenters. The molecule has 3 rings (SSSR count). The van der Waals surface area contributed by atoms with Crippen molar-refractivity contribution in [3.05, 3.63) is 63.3 Å². The molecule has 132 valence electrons. The minimum absolute atomic E-state index is 0.222. The van der Waals surface area contributed by atoms with Gasteiger partial charge in [-0.1, -0.05) is 29.3 Å². The number of aliphatic hydroxyl groups excluding tert-OH is 1. The minimum Gasteiger partial charge on any atom is -0.495 e. The van der Waals surface area contributed by atoms with Crippen LogP contribution in [0.5, 0.6) is 5.75 Å².